The molecule has 0 spiro atoms. The average Bonchev–Trinajstić information content (AvgIpc) is 3.20. The molecule has 0 bridgehead atoms. The highest BCUT2D eigenvalue weighted by atomic mass is 16.1. The molecule has 2 atom stereocenters. The molecule has 1 heterocycles. The topological polar surface area (TPSA) is 49.4 Å². The fraction of sp³-hybridized carbons (Fsp3) is 0.231. The molecule has 148 valence electrons. The molecule has 0 aromatic heterocycles. The molecule has 2 aliphatic carbocycles. The van der Waals surface area contributed by atoms with E-state index in [1.807, 2.05) is 54.6 Å². The maximum absolute atomic E-state index is 13.0. The van der Waals surface area contributed by atoms with E-state index in [9.17, 15) is 9.59 Å². The van der Waals surface area contributed by atoms with Crippen molar-refractivity contribution in [3.8, 4) is 11.1 Å². The zero-order valence-electron chi connectivity index (χ0n) is 16.8. The Hall–Kier alpha value is -3.24. The van der Waals surface area contributed by atoms with E-state index in [-0.39, 0.29) is 17.5 Å². The van der Waals surface area contributed by atoms with Crippen LogP contribution < -0.4 is 5.32 Å². The Morgan fingerprint density at radius 1 is 0.800 bits per heavy atom. The minimum Gasteiger partial charge on any atom is -0.355 e. The fourth-order valence-electron chi connectivity index (χ4n) is 5.39. The highest BCUT2D eigenvalue weighted by molar-refractivity contribution is 6.22. The van der Waals surface area contributed by atoms with Crippen LogP contribution in [-0.4, -0.2) is 36.6 Å². The van der Waals surface area contributed by atoms with Crippen molar-refractivity contribution in [1.82, 2.24) is 4.90 Å². The van der Waals surface area contributed by atoms with Crippen LogP contribution >= 0.6 is 0 Å². The molecule has 3 aromatic rings. The van der Waals surface area contributed by atoms with Crippen LogP contribution in [0.1, 0.15) is 44.2 Å². The van der Waals surface area contributed by atoms with Crippen LogP contribution in [0, 0.1) is 5.92 Å². The van der Waals surface area contributed by atoms with E-state index in [0.29, 0.717) is 5.92 Å². The number of piperidine rings is 1. The largest absolute Gasteiger partial charge is 0.355 e. The number of hydrogen-bond donors (Lipinski definition) is 1. The second-order valence-electron chi connectivity index (χ2n) is 8.69. The molecule has 3 aliphatic rings. The highest BCUT2D eigenvalue weighted by Gasteiger charge is 2.42. The number of nitrogens with zero attached hydrogens (tertiary/aromatic N) is 1. The lowest BCUT2D eigenvalue weighted by Gasteiger charge is -2.31. The Morgan fingerprint density at radius 3 is 2.33 bits per heavy atom. The third-order valence-corrected chi connectivity index (χ3v) is 6.89. The van der Waals surface area contributed by atoms with Crippen LogP contribution in [0.15, 0.2) is 60.7 Å². The Morgan fingerprint density at radius 2 is 1.50 bits per heavy atom. The van der Waals surface area contributed by atoms with E-state index in [4.69, 9.17) is 0 Å². The summed E-state index contributed by atoms with van der Waals surface area (Å²) in [6, 6.07) is 19.8. The summed E-state index contributed by atoms with van der Waals surface area (Å²) in [7, 11) is 2.13. The second kappa shape index (κ2) is 6.38. The summed E-state index contributed by atoms with van der Waals surface area (Å²) in [5.41, 5.74) is 7.26. The smallest absolute Gasteiger partial charge is 0.194 e. The van der Waals surface area contributed by atoms with E-state index in [0.717, 1.165) is 58.7 Å². The van der Waals surface area contributed by atoms with E-state index >= 15 is 0 Å². The van der Waals surface area contributed by atoms with E-state index < -0.39 is 0 Å². The standard InChI is InChI=1S/C26H22N2O2/c1-28-11-10-21-24(14-28)19-9-7-16(13-23(19)26(21)30)27-15-6-8-18-17-4-2-3-5-20(17)25(29)22(18)12-15/h2-9,12-13,21,24,27H,10-11,14H2,1H3. The predicted octanol–water partition coefficient (Wildman–Crippen LogP) is 4.87. The number of likely N-dealkylation sites (tertiary alicyclic amines) is 1. The van der Waals surface area contributed by atoms with Crippen molar-refractivity contribution in [2.24, 2.45) is 5.92 Å². The number of carbonyl (C=O) groups is 2. The number of nitrogens with one attached hydrogen (secondary N) is 1. The van der Waals surface area contributed by atoms with Crippen LogP contribution in [0.25, 0.3) is 11.1 Å². The minimum absolute atomic E-state index is 0.0709. The van der Waals surface area contributed by atoms with Crippen LogP contribution in [0.3, 0.4) is 0 Å². The first-order valence-electron chi connectivity index (χ1n) is 10.5. The Bertz CT molecular complexity index is 1230. The van der Waals surface area contributed by atoms with Crippen molar-refractivity contribution in [2.75, 3.05) is 25.5 Å². The Kier molecular flexibility index (Phi) is 3.74. The third-order valence-electron chi connectivity index (χ3n) is 6.89. The quantitative estimate of drug-likeness (QED) is 0.527. The van der Waals surface area contributed by atoms with E-state index in [1.54, 1.807) is 0 Å². The molecule has 4 heteroatoms. The molecule has 30 heavy (non-hydrogen) atoms. The van der Waals surface area contributed by atoms with Crippen molar-refractivity contribution in [1.29, 1.82) is 0 Å². The lowest BCUT2D eigenvalue weighted by Crippen LogP contribution is -2.36. The van der Waals surface area contributed by atoms with E-state index in [1.165, 1.54) is 5.56 Å². The number of rotatable bonds is 2. The number of anilines is 2. The van der Waals surface area contributed by atoms with Gasteiger partial charge in [-0.1, -0.05) is 36.4 Å². The van der Waals surface area contributed by atoms with Gasteiger partial charge in [0, 0.05) is 46.4 Å². The molecule has 1 aliphatic heterocycles. The van der Waals surface area contributed by atoms with Crippen molar-refractivity contribution < 1.29 is 9.59 Å². The van der Waals surface area contributed by atoms with E-state index in [2.05, 4.69) is 23.3 Å². The van der Waals surface area contributed by atoms with Gasteiger partial charge in [0.1, 0.15) is 0 Å². The first kappa shape index (κ1) is 17.6. The van der Waals surface area contributed by atoms with Crippen molar-refractivity contribution in [3.63, 3.8) is 0 Å². The number of fused-ring (bicyclic) bond motifs is 6. The summed E-state index contributed by atoms with van der Waals surface area (Å²) in [5, 5.41) is 3.41. The average molecular weight is 394 g/mol. The van der Waals surface area contributed by atoms with Crippen LogP contribution in [0.5, 0.6) is 0 Å². The normalized spacial score (nSPS) is 21.8. The van der Waals surface area contributed by atoms with Gasteiger partial charge in [-0.15, -0.1) is 0 Å². The number of Topliss-reactive ketones (excluding diaryl/α,β-unsaturated/α-hetero) is 1. The zero-order valence-corrected chi connectivity index (χ0v) is 16.8. The molecule has 0 saturated carbocycles. The lowest BCUT2D eigenvalue weighted by molar-refractivity contribution is 0.0860. The second-order valence-corrected chi connectivity index (χ2v) is 8.69. The minimum atomic E-state index is 0.0709. The molecule has 6 rings (SSSR count). The summed E-state index contributed by atoms with van der Waals surface area (Å²) < 4.78 is 0. The van der Waals surface area contributed by atoms with Gasteiger partial charge >= 0.3 is 0 Å². The molecule has 0 radical (unpaired) electrons. The summed E-state index contributed by atoms with van der Waals surface area (Å²) in [6.45, 7) is 1.93. The number of hydrogen-bond acceptors (Lipinski definition) is 4. The zero-order chi connectivity index (χ0) is 20.4. The number of ketones is 2. The summed E-state index contributed by atoms with van der Waals surface area (Å²) in [6.07, 6.45) is 0.935. The summed E-state index contributed by atoms with van der Waals surface area (Å²) in [5.74, 6) is 0.798. The SMILES string of the molecule is CN1CCC2C(=O)c3cc(Nc4ccc5c(c4)C(=O)c4ccccc4-5)ccc3C2C1. The fourth-order valence-corrected chi connectivity index (χ4v) is 5.39. The molecular weight excluding hydrogens is 372 g/mol. The highest BCUT2D eigenvalue weighted by Crippen LogP contribution is 2.44. The van der Waals surface area contributed by atoms with Gasteiger partial charge in [0.25, 0.3) is 0 Å². The van der Waals surface area contributed by atoms with Gasteiger partial charge in [-0.2, -0.15) is 0 Å². The van der Waals surface area contributed by atoms with Crippen molar-refractivity contribution in [2.45, 2.75) is 12.3 Å². The van der Waals surface area contributed by atoms with Gasteiger partial charge in [-0.25, -0.2) is 0 Å². The van der Waals surface area contributed by atoms with Gasteiger partial charge in [-0.05, 0) is 61.0 Å². The molecule has 3 aromatic carbocycles. The van der Waals surface area contributed by atoms with Gasteiger partial charge < -0.3 is 10.2 Å². The predicted molar refractivity (Wildman–Crippen MR) is 118 cm³/mol. The van der Waals surface area contributed by atoms with Crippen LogP contribution in [0.2, 0.25) is 0 Å². The molecule has 1 saturated heterocycles. The van der Waals surface area contributed by atoms with Crippen molar-refractivity contribution in [3.05, 3.63) is 82.9 Å². The van der Waals surface area contributed by atoms with Gasteiger partial charge in [-0.3, -0.25) is 9.59 Å². The number of carbonyl (C=O) groups excluding carboxylic acids is 2. The van der Waals surface area contributed by atoms with Crippen molar-refractivity contribution >= 4 is 22.9 Å². The van der Waals surface area contributed by atoms with Gasteiger partial charge in [0.15, 0.2) is 11.6 Å². The summed E-state index contributed by atoms with van der Waals surface area (Å²) >= 11 is 0. The maximum atomic E-state index is 13.0. The molecule has 1 N–H and O–H groups in total. The van der Waals surface area contributed by atoms with Gasteiger partial charge in [0.05, 0.1) is 0 Å². The first-order valence-corrected chi connectivity index (χ1v) is 10.5. The molecule has 4 nitrogen and oxygen atoms in total. The van der Waals surface area contributed by atoms with Crippen LogP contribution in [-0.2, 0) is 0 Å². The molecule has 2 unspecified atom stereocenters. The molecular formula is C26H22N2O2. The summed E-state index contributed by atoms with van der Waals surface area (Å²) in [4.78, 5) is 28.1. The molecule has 0 amide bonds. The lowest BCUT2D eigenvalue weighted by atomic mass is 9.86. The Labute approximate surface area is 175 Å². The number of benzene rings is 3. The Balaban J connectivity index is 1.31. The maximum Gasteiger partial charge on any atom is 0.194 e. The van der Waals surface area contributed by atoms with Gasteiger partial charge in [0.2, 0.25) is 0 Å². The molecule has 1 fully saturated rings. The number of likely N-dealkylation sites (N-methyl/N-ethyl adjacent to an activating group) is 1. The first-order chi connectivity index (χ1) is 14.6. The van der Waals surface area contributed by atoms with Crippen LogP contribution in [0.4, 0.5) is 11.4 Å². The monoisotopic (exact) mass is 394 g/mol. The third kappa shape index (κ3) is 2.50.